The molecule has 0 bridgehead atoms. The lowest BCUT2D eigenvalue weighted by molar-refractivity contribution is 0.102. The number of hydrogen-bond donors (Lipinski definition) is 1. The van der Waals surface area contributed by atoms with E-state index in [1.165, 1.54) is 0 Å². The molecule has 0 unspecified atom stereocenters. The molecule has 1 aromatic heterocycles. The highest BCUT2D eigenvalue weighted by atomic mass is 16.5. The average molecular weight is 414 g/mol. The second-order valence-electron chi connectivity index (χ2n) is 7.00. The fraction of sp³-hybridized carbons (Fsp3) is 0.125. The van der Waals surface area contributed by atoms with E-state index in [9.17, 15) is 4.79 Å². The molecule has 0 spiro atoms. The SMILES string of the molecule is COc1ccccc1Oc1ccc(NC(=O)c2nnn(-c3ccc(C)cc3)c2C)cc1. The van der Waals surface area contributed by atoms with E-state index in [1.807, 2.05) is 62.4 Å². The van der Waals surface area contributed by atoms with Gasteiger partial charge in [-0.2, -0.15) is 0 Å². The Bertz CT molecular complexity index is 1200. The largest absolute Gasteiger partial charge is 0.493 e. The van der Waals surface area contributed by atoms with Gasteiger partial charge in [-0.1, -0.05) is 35.0 Å². The predicted octanol–water partition coefficient (Wildman–Crippen LogP) is 4.94. The van der Waals surface area contributed by atoms with E-state index in [0.29, 0.717) is 28.6 Å². The minimum Gasteiger partial charge on any atom is -0.493 e. The third-order valence-electron chi connectivity index (χ3n) is 4.80. The van der Waals surface area contributed by atoms with Crippen LogP contribution in [0.2, 0.25) is 0 Å². The summed E-state index contributed by atoms with van der Waals surface area (Å²) in [5, 5.41) is 11.0. The molecule has 1 amide bonds. The molecule has 0 saturated heterocycles. The third kappa shape index (κ3) is 4.40. The van der Waals surface area contributed by atoms with Gasteiger partial charge >= 0.3 is 0 Å². The molecular formula is C24H22N4O3. The number of aromatic nitrogens is 3. The molecule has 1 heterocycles. The fourth-order valence-electron chi connectivity index (χ4n) is 3.10. The second-order valence-corrected chi connectivity index (χ2v) is 7.00. The molecule has 7 nitrogen and oxygen atoms in total. The molecule has 0 aliphatic carbocycles. The van der Waals surface area contributed by atoms with Crippen molar-refractivity contribution in [1.29, 1.82) is 0 Å². The van der Waals surface area contributed by atoms with Crippen molar-refractivity contribution in [2.45, 2.75) is 13.8 Å². The van der Waals surface area contributed by atoms with Crippen molar-refractivity contribution in [1.82, 2.24) is 15.0 Å². The molecular weight excluding hydrogens is 392 g/mol. The van der Waals surface area contributed by atoms with Crippen molar-refractivity contribution < 1.29 is 14.3 Å². The van der Waals surface area contributed by atoms with E-state index in [4.69, 9.17) is 9.47 Å². The Morgan fingerprint density at radius 1 is 0.903 bits per heavy atom. The number of anilines is 1. The molecule has 156 valence electrons. The summed E-state index contributed by atoms with van der Waals surface area (Å²) in [4.78, 5) is 12.7. The number of nitrogens with zero attached hydrogens (tertiary/aromatic N) is 3. The fourth-order valence-corrected chi connectivity index (χ4v) is 3.10. The second kappa shape index (κ2) is 8.71. The van der Waals surface area contributed by atoms with Crippen LogP contribution in [-0.2, 0) is 0 Å². The van der Waals surface area contributed by atoms with Crippen molar-refractivity contribution >= 4 is 11.6 Å². The van der Waals surface area contributed by atoms with Crippen molar-refractivity contribution in [3.8, 4) is 22.9 Å². The summed E-state index contributed by atoms with van der Waals surface area (Å²) >= 11 is 0. The van der Waals surface area contributed by atoms with Crippen LogP contribution < -0.4 is 14.8 Å². The number of rotatable bonds is 6. The van der Waals surface area contributed by atoms with Gasteiger partial charge in [-0.05, 0) is 62.4 Å². The van der Waals surface area contributed by atoms with Gasteiger partial charge in [-0.3, -0.25) is 4.79 Å². The topological polar surface area (TPSA) is 78.3 Å². The maximum atomic E-state index is 12.7. The van der Waals surface area contributed by atoms with Gasteiger partial charge in [-0.25, -0.2) is 4.68 Å². The van der Waals surface area contributed by atoms with Crippen LogP contribution in [0.3, 0.4) is 0 Å². The highest BCUT2D eigenvalue weighted by Gasteiger charge is 2.17. The Hall–Kier alpha value is -4.13. The van der Waals surface area contributed by atoms with Gasteiger partial charge in [0.15, 0.2) is 17.2 Å². The molecule has 4 rings (SSSR count). The normalized spacial score (nSPS) is 10.5. The minimum absolute atomic E-state index is 0.273. The van der Waals surface area contributed by atoms with E-state index >= 15 is 0 Å². The Kier molecular flexibility index (Phi) is 5.66. The lowest BCUT2D eigenvalue weighted by Gasteiger charge is -2.10. The van der Waals surface area contributed by atoms with Gasteiger partial charge in [0.1, 0.15) is 5.75 Å². The molecule has 0 aliphatic rings. The molecule has 0 atom stereocenters. The van der Waals surface area contributed by atoms with Crippen molar-refractivity contribution in [2.24, 2.45) is 0 Å². The zero-order valence-electron chi connectivity index (χ0n) is 17.5. The molecule has 0 saturated carbocycles. The highest BCUT2D eigenvalue weighted by Crippen LogP contribution is 2.31. The van der Waals surface area contributed by atoms with Crippen LogP contribution >= 0.6 is 0 Å². The number of hydrogen-bond acceptors (Lipinski definition) is 5. The molecule has 31 heavy (non-hydrogen) atoms. The standard InChI is InChI=1S/C24H22N4O3/c1-16-8-12-19(13-9-16)28-17(2)23(26-27-28)24(29)25-18-10-14-20(15-11-18)31-22-7-5-4-6-21(22)30-3/h4-15H,1-3H3,(H,25,29). The molecule has 0 aliphatic heterocycles. The quantitative estimate of drug-likeness (QED) is 0.484. The summed E-state index contributed by atoms with van der Waals surface area (Å²) in [7, 11) is 1.60. The van der Waals surface area contributed by atoms with Gasteiger partial charge in [0.05, 0.1) is 18.5 Å². The first kappa shape index (κ1) is 20.2. The summed E-state index contributed by atoms with van der Waals surface area (Å²) in [6.45, 7) is 3.84. The Morgan fingerprint density at radius 2 is 1.58 bits per heavy atom. The van der Waals surface area contributed by atoms with E-state index < -0.39 is 0 Å². The number of carbonyl (C=O) groups is 1. The lowest BCUT2D eigenvalue weighted by Crippen LogP contribution is -2.14. The minimum atomic E-state index is -0.325. The number of carbonyl (C=O) groups excluding carboxylic acids is 1. The molecule has 7 heteroatoms. The van der Waals surface area contributed by atoms with Crippen LogP contribution in [0.4, 0.5) is 5.69 Å². The third-order valence-corrected chi connectivity index (χ3v) is 4.80. The van der Waals surface area contributed by atoms with Crippen LogP contribution in [0, 0.1) is 13.8 Å². The van der Waals surface area contributed by atoms with Crippen molar-refractivity contribution in [3.05, 3.63) is 89.7 Å². The molecule has 0 radical (unpaired) electrons. The number of aryl methyl sites for hydroxylation is 1. The summed E-state index contributed by atoms with van der Waals surface area (Å²) in [5.74, 6) is 1.57. The van der Waals surface area contributed by atoms with E-state index in [0.717, 1.165) is 11.3 Å². The first-order valence-electron chi connectivity index (χ1n) is 9.77. The van der Waals surface area contributed by atoms with E-state index in [2.05, 4.69) is 15.6 Å². The van der Waals surface area contributed by atoms with Gasteiger partial charge in [0, 0.05) is 5.69 Å². The summed E-state index contributed by atoms with van der Waals surface area (Å²) in [6.07, 6.45) is 0. The van der Waals surface area contributed by atoms with Crippen LogP contribution in [0.1, 0.15) is 21.7 Å². The summed E-state index contributed by atoms with van der Waals surface area (Å²) in [5.41, 5.74) is 3.57. The Balaban J connectivity index is 1.46. The Labute approximate surface area is 180 Å². The first-order chi connectivity index (χ1) is 15.0. The van der Waals surface area contributed by atoms with E-state index in [-0.39, 0.29) is 11.6 Å². The smallest absolute Gasteiger partial charge is 0.278 e. The molecule has 1 N–H and O–H groups in total. The molecule has 3 aromatic carbocycles. The van der Waals surface area contributed by atoms with Crippen molar-refractivity contribution in [2.75, 3.05) is 12.4 Å². The van der Waals surface area contributed by atoms with Gasteiger partial charge in [-0.15, -0.1) is 5.10 Å². The number of benzene rings is 3. The Morgan fingerprint density at radius 3 is 2.26 bits per heavy atom. The lowest BCUT2D eigenvalue weighted by atomic mass is 10.2. The van der Waals surface area contributed by atoms with Crippen LogP contribution in [-0.4, -0.2) is 28.0 Å². The number of ether oxygens (including phenoxy) is 2. The predicted molar refractivity (Wildman–Crippen MR) is 118 cm³/mol. The zero-order chi connectivity index (χ0) is 21.8. The van der Waals surface area contributed by atoms with E-state index in [1.54, 1.807) is 36.1 Å². The molecule has 0 fully saturated rings. The molecule has 4 aromatic rings. The number of para-hydroxylation sites is 2. The number of amides is 1. The number of nitrogens with one attached hydrogen (secondary N) is 1. The number of methoxy groups -OCH3 is 1. The van der Waals surface area contributed by atoms with Gasteiger partial charge < -0.3 is 14.8 Å². The maximum absolute atomic E-state index is 12.7. The van der Waals surface area contributed by atoms with Gasteiger partial charge in [0.25, 0.3) is 5.91 Å². The first-order valence-corrected chi connectivity index (χ1v) is 9.77. The van der Waals surface area contributed by atoms with Crippen molar-refractivity contribution in [3.63, 3.8) is 0 Å². The van der Waals surface area contributed by atoms with Gasteiger partial charge in [0.2, 0.25) is 0 Å². The summed E-state index contributed by atoms with van der Waals surface area (Å²) in [6, 6.07) is 22.4. The van der Waals surface area contributed by atoms with Crippen LogP contribution in [0.25, 0.3) is 5.69 Å². The highest BCUT2D eigenvalue weighted by molar-refractivity contribution is 6.03. The van der Waals surface area contributed by atoms with Crippen LogP contribution in [0.5, 0.6) is 17.2 Å². The monoisotopic (exact) mass is 414 g/mol. The average Bonchev–Trinajstić information content (AvgIpc) is 3.17. The van der Waals surface area contributed by atoms with Crippen LogP contribution in [0.15, 0.2) is 72.8 Å². The summed E-state index contributed by atoms with van der Waals surface area (Å²) < 4.78 is 12.8. The zero-order valence-corrected chi connectivity index (χ0v) is 17.5. The maximum Gasteiger partial charge on any atom is 0.278 e.